The van der Waals surface area contributed by atoms with Crippen molar-refractivity contribution in [2.45, 2.75) is 16.8 Å². The molecule has 17 heavy (non-hydrogen) atoms. The van der Waals surface area contributed by atoms with Crippen LogP contribution >= 0.6 is 27.7 Å². The molecule has 6 heteroatoms. The molecule has 0 saturated heterocycles. The van der Waals surface area contributed by atoms with Crippen molar-refractivity contribution in [3.8, 4) is 0 Å². The van der Waals surface area contributed by atoms with Gasteiger partial charge in [-0.2, -0.15) is 0 Å². The summed E-state index contributed by atoms with van der Waals surface area (Å²) >= 11 is 5.07. The first-order valence-electron chi connectivity index (χ1n) is 4.94. The normalized spacial score (nSPS) is 10.3. The van der Waals surface area contributed by atoms with Crippen LogP contribution in [0.3, 0.4) is 0 Å². The predicted molar refractivity (Wildman–Crippen MR) is 72.8 cm³/mol. The third-order valence-electron chi connectivity index (χ3n) is 2.01. The van der Waals surface area contributed by atoms with Gasteiger partial charge in [-0.3, -0.25) is 5.43 Å². The molecule has 0 amide bonds. The number of hydrazine groups is 1. The molecule has 4 nitrogen and oxygen atoms in total. The van der Waals surface area contributed by atoms with Crippen LogP contribution in [0.25, 0.3) is 0 Å². The maximum atomic E-state index is 5.32. The fourth-order valence-electron chi connectivity index (χ4n) is 1.30. The smallest absolute Gasteiger partial charge is 0.238 e. The molecule has 2 rings (SSSR count). The van der Waals surface area contributed by atoms with Gasteiger partial charge < -0.3 is 0 Å². The molecule has 3 N–H and O–H groups in total. The lowest BCUT2D eigenvalue weighted by Crippen LogP contribution is -2.11. The number of anilines is 1. The van der Waals surface area contributed by atoms with Crippen LogP contribution in [0, 0.1) is 6.92 Å². The van der Waals surface area contributed by atoms with Crippen molar-refractivity contribution in [1.29, 1.82) is 0 Å². The second-order valence-electron chi connectivity index (χ2n) is 3.35. The fourth-order valence-corrected chi connectivity index (χ4v) is 2.72. The van der Waals surface area contributed by atoms with E-state index in [1.807, 2.05) is 37.3 Å². The average Bonchev–Trinajstić information content (AvgIpc) is 2.31. The third-order valence-corrected chi connectivity index (χ3v) is 3.96. The first-order chi connectivity index (χ1) is 8.19. The number of nitrogens with one attached hydrogen (secondary N) is 1. The van der Waals surface area contributed by atoms with Crippen molar-refractivity contribution in [3.63, 3.8) is 0 Å². The highest BCUT2D eigenvalue weighted by molar-refractivity contribution is 9.10. The number of rotatable bonds is 3. The van der Waals surface area contributed by atoms with Gasteiger partial charge in [0.25, 0.3) is 0 Å². The van der Waals surface area contributed by atoms with E-state index in [9.17, 15) is 0 Å². The maximum absolute atomic E-state index is 5.32. The van der Waals surface area contributed by atoms with Gasteiger partial charge in [0.1, 0.15) is 5.03 Å². The summed E-state index contributed by atoms with van der Waals surface area (Å²) in [7, 11) is 0. The van der Waals surface area contributed by atoms with E-state index >= 15 is 0 Å². The second-order valence-corrected chi connectivity index (χ2v) is 5.26. The Morgan fingerprint density at radius 1 is 1.29 bits per heavy atom. The Bertz CT molecular complexity index is 533. The molecule has 0 saturated carbocycles. The number of aryl methyl sites for hydroxylation is 1. The zero-order valence-corrected chi connectivity index (χ0v) is 11.5. The molecular weight excluding hydrogens is 300 g/mol. The van der Waals surface area contributed by atoms with Gasteiger partial charge in [0.2, 0.25) is 5.95 Å². The summed E-state index contributed by atoms with van der Waals surface area (Å²) in [6.45, 7) is 1.91. The SMILES string of the molecule is Cc1cc(Sc2ccccc2Br)nc(NN)n1. The zero-order chi connectivity index (χ0) is 12.3. The highest BCUT2D eigenvalue weighted by Gasteiger charge is 2.05. The van der Waals surface area contributed by atoms with Gasteiger partial charge in [-0.05, 0) is 41.1 Å². The monoisotopic (exact) mass is 310 g/mol. The van der Waals surface area contributed by atoms with Crippen LogP contribution in [-0.4, -0.2) is 9.97 Å². The van der Waals surface area contributed by atoms with Gasteiger partial charge in [-0.1, -0.05) is 23.9 Å². The van der Waals surface area contributed by atoms with Crippen molar-refractivity contribution in [2.24, 2.45) is 5.84 Å². The fraction of sp³-hybridized carbons (Fsp3) is 0.0909. The number of aromatic nitrogens is 2. The van der Waals surface area contributed by atoms with Crippen LogP contribution in [0.15, 0.2) is 44.7 Å². The Morgan fingerprint density at radius 3 is 2.76 bits per heavy atom. The molecule has 1 aromatic heterocycles. The molecular formula is C11H11BrN4S. The quantitative estimate of drug-likeness (QED) is 0.518. The van der Waals surface area contributed by atoms with Crippen LogP contribution in [0.4, 0.5) is 5.95 Å². The van der Waals surface area contributed by atoms with Crippen LogP contribution in [0.1, 0.15) is 5.69 Å². The Morgan fingerprint density at radius 2 is 2.06 bits per heavy atom. The average molecular weight is 311 g/mol. The predicted octanol–water partition coefficient (Wildman–Crippen LogP) is 2.98. The van der Waals surface area contributed by atoms with Gasteiger partial charge in [-0.15, -0.1) is 0 Å². The summed E-state index contributed by atoms with van der Waals surface area (Å²) in [6, 6.07) is 9.92. The van der Waals surface area contributed by atoms with Crippen molar-refractivity contribution in [2.75, 3.05) is 5.43 Å². The Kier molecular flexibility index (Phi) is 3.98. The molecule has 0 spiro atoms. The van der Waals surface area contributed by atoms with Crippen molar-refractivity contribution in [1.82, 2.24) is 9.97 Å². The van der Waals surface area contributed by atoms with E-state index in [-0.39, 0.29) is 0 Å². The lowest BCUT2D eigenvalue weighted by atomic mass is 10.4. The highest BCUT2D eigenvalue weighted by Crippen LogP contribution is 2.32. The van der Waals surface area contributed by atoms with Gasteiger partial charge in [0.05, 0.1) is 0 Å². The van der Waals surface area contributed by atoms with E-state index in [4.69, 9.17) is 5.84 Å². The molecule has 0 aliphatic rings. The highest BCUT2D eigenvalue weighted by atomic mass is 79.9. The van der Waals surface area contributed by atoms with Crippen molar-refractivity contribution >= 4 is 33.6 Å². The number of nitrogens with two attached hydrogens (primary N) is 1. The minimum Gasteiger partial charge on any atom is -0.292 e. The number of halogens is 1. The second kappa shape index (κ2) is 5.48. The Hall–Kier alpha value is -1.11. The number of nitrogen functional groups attached to an aromatic ring is 1. The van der Waals surface area contributed by atoms with Gasteiger partial charge in [0.15, 0.2) is 0 Å². The number of benzene rings is 1. The standard InChI is InChI=1S/C11H11BrN4S/c1-7-6-10(15-11(14-7)16-13)17-9-5-3-2-4-8(9)12/h2-6H,13H2,1H3,(H,14,15,16). The molecule has 0 bridgehead atoms. The van der Waals surface area contributed by atoms with Gasteiger partial charge in [0, 0.05) is 15.1 Å². The largest absolute Gasteiger partial charge is 0.292 e. The molecule has 1 aromatic carbocycles. The lowest BCUT2D eigenvalue weighted by molar-refractivity contribution is 0.994. The molecule has 0 radical (unpaired) electrons. The summed E-state index contributed by atoms with van der Waals surface area (Å²) in [4.78, 5) is 9.53. The molecule has 0 aliphatic carbocycles. The summed E-state index contributed by atoms with van der Waals surface area (Å²) in [5.74, 6) is 5.75. The van der Waals surface area contributed by atoms with E-state index in [0.29, 0.717) is 5.95 Å². The van der Waals surface area contributed by atoms with Crippen LogP contribution in [-0.2, 0) is 0 Å². The van der Waals surface area contributed by atoms with Gasteiger partial charge >= 0.3 is 0 Å². The minimum atomic E-state index is 0.430. The summed E-state index contributed by atoms with van der Waals surface area (Å²) in [5.41, 5.74) is 3.34. The molecule has 2 aromatic rings. The topological polar surface area (TPSA) is 63.8 Å². The molecule has 1 heterocycles. The molecule has 0 unspecified atom stereocenters. The maximum Gasteiger partial charge on any atom is 0.238 e. The van der Waals surface area contributed by atoms with E-state index < -0.39 is 0 Å². The number of nitrogens with zero attached hydrogens (tertiary/aromatic N) is 2. The zero-order valence-electron chi connectivity index (χ0n) is 9.14. The number of hydrogen-bond donors (Lipinski definition) is 2. The first-order valence-corrected chi connectivity index (χ1v) is 6.54. The van der Waals surface area contributed by atoms with E-state index in [0.717, 1.165) is 20.1 Å². The number of hydrogen-bond acceptors (Lipinski definition) is 5. The molecule has 0 fully saturated rings. The van der Waals surface area contributed by atoms with Crippen LogP contribution in [0.2, 0.25) is 0 Å². The van der Waals surface area contributed by atoms with Crippen molar-refractivity contribution in [3.05, 3.63) is 40.5 Å². The summed E-state index contributed by atoms with van der Waals surface area (Å²) < 4.78 is 1.04. The Balaban J connectivity index is 2.30. The van der Waals surface area contributed by atoms with E-state index in [1.54, 1.807) is 11.8 Å². The lowest BCUT2D eigenvalue weighted by Gasteiger charge is -2.06. The van der Waals surface area contributed by atoms with E-state index in [1.165, 1.54) is 0 Å². The minimum absolute atomic E-state index is 0.430. The van der Waals surface area contributed by atoms with Crippen LogP contribution in [0.5, 0.6) is 0 Å². The first kappa shape index (κ1) is 12.3. The summed E-state index contributed by atoms with van der Waals surface area (Å²) in [5, 5.41) is 0.859. The van der Waals surface area contributed by atoms with E-state index in [2.05, 4.69) is 31.3 Å². The van der Waals surface area contributed by atoms with Crippen LogP contribution < -0.4 is 11.3 Å². The third kappa shape index (κ3) is 3.18. The summed E-state index contributed by atoms with van der Waals surface area (Å²) in [6.07, 6.45) is 0. The van der Waals surface area contributed by atoms with Crippen molar-refractivity contribution < 1.29 is 0 Å². The molecule has 88 valence electrons. The molecule has 0 atom stereocenters. The van der Waals surface area contributed by atoms with Gasteiger partial charge in [-0.25, -0.2) is 15.8 Å². The Labute approximate surface area is 112 Å². The molecule has 0 aliphatic heterocycles.